The molecule has 1 fully saturated rings. The second kappa shape index (κ2) is 5.61. The number of rotatable bonds is 4. The molecule has 0 spiro atoms. The van der Waals surface area contributed by atoms with Gasteiger partial charge in [0, 0.05) is 24.6 Å². The number of ether oxygens (including phenoxy) is 1. The number of aliphatic hydroxyl groups excluding tert-OH is 1. The van der Waals surface area contributed by atoms with E-state index in [-0.39, 0.29) is 18.0 Å². The average Bonchev–Trinajstić information content (AvgIpc) is 2.46. The van der Waals surface area contributed by atoms with Crippen molar-refractivity contribution < 1.29 is 9.84 Å². The summed E-state index contributed by atoms with van der Waals surface area (Å²) in [5.74, 6) is 1.46. The van der Waals surface area contributed by atoms with Crippen LogP contribution in [0.1, 0.15) is 26.2 Å². The Hall–Kier alpha value is -1.56. The van der Waals surface area contributed by atoms with Gasteiger partial charge in [0.1, 0.15) is 5.82 Å². The maximum absolute atomic E-state index is 9.65. The fourth-order valence-electron chi connectivity index (χ4n) is 2.63. The molecule has 6 heteroatoms. The predicted molar refractivity (Wildman–Crippen MR) is 74.3 cm³/mol. The second-order valence-electron chi connectivity index (χ2n) is 5.16. The van der Waals surface area contributed by atoms with Gasteiger partial charge in [-0.15, -0.1) is 0 Å². The standard InChI is InChI=1S/C13H22N4O2/c1-3-13(9-18)5-4-6-17(8-13)10-7-11(19-2)16-12(14)15-10/h7,18H,3-6,8-9H2,1-2H3,(H2,14,15,16)/t13-/m1/s1. The molecule has 0 aliphatic carbocycles. The number of nitrogens with zero attached hydrogens (tertiary/aromatic N) is 3. The zero-order valence-electron chi connectivity index (χ0n) is 11.6. The largest absolute Gasteiger partial charge is 0.481 e. The third-order valence-corrected chi connectivity index (χ3v) is 3.99. The molecule has 2 rings (SSSR count). The second-order valence-corrected chi connectivity index (χ2v) is 5.16. The van der Waals surface area contributed by atoms with E-state index in [1.54, 1.807) is 13.2 Å². The molecule has 19 heavy (non-hydrogen) atoms. The van der Waals surface area contributed by atoms with E-state index in [1.165, 1.54) is 0 Å². The summed E-state index contributed by atoms with van der Waals surface area (Å²) in [5, 5.41) is 9.65. The maximum atomic E-state index is 9.65. The van der Waals surface area contributed by atoms with Crippen LogP contribution in [0.25, 0.3) is 0 Å². The van der Waals surface area contributed by atoms with Crippen LogP contribution in [0.4, 0.5) is 11.8 Å². The molecule has 0 bridgehead atoms. The summed E-state index contributed by atoms with van der Waals surface area (Å²) in [6.07, 6.45) is 3.05. The molecule has 1 atom stereocenters. The van der Waals surface area contributed by atoms with Gasteiger partial charge in [0.05, 0.1) is 13.7 Å². The molecule has 1 saturated heterocycles. The van der Waals surface area contributed by atoms with Crippen LogP contribution in [0, 0.1) is 5.41 Å². The minimum absolute atomic E-state index is 0.0365. The number of hydrogen-bond donors (Lipinski definition) is 2. The van der Waals surface area contributed by atoms with Crippen LogP contribution in [-0.2, 0) is 0 Å². The molecule has 0 aromatic carbocycles. The number of hydrogen-bond acceptors (Lipinski definition) is 6. The van der Waals surface area contributed by atoms with Crippen LogP contribution in [-0.4, -0.2) is 41.9 Å². The highest BCUT2D eigenvalue weighted by Crippen LogP contribution is 2.35. The number of nitrogens with two attached hydrogens (primary N) is 1. The molecule has 0 amide bonds. The van der Waals surface area contributed by atoms with Crippen molar-refractivity contribution in [2.75, 3.05) is 37.4 Å². The fraction of sp³-hybridized carbons (Fsp3) is 0.692. The molecule has 1 aromatic heterocycles. The van der Waals surface area contributed by atoms with Gasteiger partial charge in [0.15, 0.2) is 0 Å². The lowest BCUT2D eigenvalue weighted by Crippen LogP contribution is -2.45. The van der Waals surface area contributed by atoms with E-state index >= 15 is 0 Å². The van der Waals surface area contributed by atoms with Crippen LogP contribution >= 0.6 is 0 Å². The van der Waals surface area contributed by atoms with Crippen LogP contribution in [0.15, 0.2) is 6.07 Å². The lowest BCUT2D eigenvalue weighted by atomic mass is 9.78. The smallest absolute Gasteiger partial charge is 0.225 e. The van der Waals surface area contributed by atoms with Gasteiger partial charge in [-0.05, 0) is 19.3 Å². The first-order valence-electron chi connectivity index (χ1n) is 6.67. The Morgan fingerprint density at radius 1 is 1.53 bits per heavy atom. The number of aromatic nitrogens is 2. The normalized spacial score (nSPS) is 23.4. The van der Waals surface area contributed by atoms with Crippen molar-refractivity contribution in [1.29, 1.82) is 0 Å². The topological polar surface area (TPSA) is 84.5 Å². The van der Waals surface area contributed by atoms with Gasteiger partial charge in [-0.1, -0.05) is 6.92 Å². The molecule has 106 valence electrons. The van der Waals surface area contributed by atoms with E-state index in [4.69, 9.17) is 10.5 Å². The van der Waals surface area contributed by atoms with E-state index in [0.29, 0.717) is 5.88 Å². The SMILES string of the molecule is CC[C@@]1(CO)CCCN(c2cc(OC)nc(N)n2)C1. The van der Waals surface area contributed by atoms with Gasteiger partial charge in [0.25, 0.3) is 0 Å². The monoisotopic (exact) mass is 266 g/mol. The minimum atomic E-state index is -0.0365. The summed E-state index contributed by atoms with van der Waals surface area (Å²) in [6, 6.07) is 1.79. The summed E-state index contributed by atoms with van der Waals surface area (Å²) >= 11 is 0. The fourth-order valence-corrected chi connectivity index (χ4v) is 2.63. The Labute approximate surface area is 113 Å². The summed E-state index contributed by atoms with van der Waals surface area (Å²) < 4.78 is 5.12. The van der Waals surface area contributed by atoms with Crippen molar-refractivity contribution in [3.8, 4) is 5.88 Å². The summed E-state index contributed by atoms with van der Waals surface area (Å²) in [5.41, 5.74) is 5.66. The highest BCUT2D eigenvalue weighted by Gasteiger charge is 2.34. The number of anilines is 2. The summed E-state index contributed by atoms with van der Waals surface area (Å²) in [7, 11) is 1.56. The Morgan fingerprint density at radius 2 is 2.32 bits per heavy atom. The number of nitrogen functional groups attached to an aromatic ring is 1. The van der Waals surface area contributed by atoms with Crippen molar-refractivity contribution in [1.82, 2.24) is 9.97 Å². The first-order chi connectivity index (χ1) is 9.12. The molecule has 0 unspecified atom stereocenters. The summed E-state index contributed by atoms with van der Waals surface area (Å²) in [6.45, 7) is 4.04. The van der Waals surface area contributed by atoms with E-state index in [2.05, 4.69) is 21.8 Å². The third kappa shape index (κ3) is 2.89. The molecule has 0 saturated carbocycles. The van der Waals surface area contributed by atoms with Crippen molar-refractivity contribution in [2.24, 2.45) is 5.41 Å². The highest BCUT2D eigenvalue weighted by molar-refractivity contribution is 5.46. The van der Waals surface area contributed by atoms with E-state index < -0.39 is 0 Å². The van der Waals surface area contributed by atoms with Crippen LogP contribution in [0.5, 0.6) is 5.88 Å². The lowest BCUT2D eigenvalue weighted by molar-refractivity contribution is 0.101. The minimum Gasteiger partial charge on any atom is -0.481 e. The van der Waals surface area contributed by atoms with Crippen LogP contribution in [0.2, 0.25) is 0 Å². The molecule has 0 radical (unpaired) electrons. The molecule has 1 aliphatic heterocycles. The molecule has 1 aliphatic rings. The predicted octanol–water partition coefficient (Wildman–Crippen LogP) is 1.06. The van der Waals surface area contributed by atoms with Gasteiger partial charge in [-0.3, -0.25) is 0 Å². The zero-order chi connectivity index (χ0) is 13.9. The highest BCUT2D eigenvalue weighted by atomic mass is 16.5. The zero-order valence-corrected chi connectivity index (χ0v) is 11.6. The van der Waals surface area contributed by atoms with Crippen molar-refractivity contribution >= 4 is 11.8 Å². The van der Waals surface area contributed by atoms with Gasteiger partial charge < -0.3 is 20.5 Å². The maximum Gasteiger partial charge on any atom is 0.225 e. The molecule has 1 aromatic rings. The van der Waals surface area contributed by atoms with Crippen molar-refractivity contribution in [2.45, 2.75) is 26.2 Å². The molecule has 6 nitrogen and oxygen atoms in total. The van der Waals surface area contributed by atoms with Gasteiger partial charge in [-0.25, -0.2) is 0 Å². The quantitative estimate of drug-likeness (QED) is 0.847. The number of methoxy groups -OCH3 is 1. The van der Waals surface area contributed by atoms with Gasteiger partial charge in [-0.2, -0.15) is 9.97 Å². The van der Waals surface area contributed by atoms with E-state index in [0.717, 1.165) is 38.2 Å². The third-order valence-electron chi connectivity index (χ3n) is 3.99. The van der Waals surface area contributed by atoms with Crippen molar-refractivity contribution in [3.05, 3.63) is 6.07 Å². The first-order valence-corrected chi connectivity index (χ1v) is 6.67. The Bertz CT molecular complexity index is 435. The van der Waals surface area contributed by atoms with Crippen molar-refractivity contribution in [3.63, 3.8) is 0 Å². The van der Waals surface area contributed by atoms with Crippen LogP contribution in [0.3, 0.4) is 0 Å². The Balaban J connectivity index is 2.24. The average molecular weight is 266 g/mol. The summed E-state index contributed by atoms with van der Waals surface area (Å²) in [4.78, 5) is 10.4. The Morgan fingerprint density at radius 3 is 2.95 bits per heavy atom. The first kappa shape index (κ1) is 13.9. The van der Waals surface area contributed by atoms with Gasteiger partial charge in [0.2, 0.25) is 11.8 Å². The Kier molecular flexibility index (Phi) is 4.09. The van der Waals surface area contributed by atoms with Crippen LogP contribution < -0.4 is 15.4 Å². The molecular weight excluding hydrogens is 244 g/mol. The lowest BCUT2D eigenvalue weighted by Gasteiger charge is -2.41. The van der Waals surface area contributed by atoms with E-state index in [9.17, 15) is 5.11 Å². The molecular formula is C13H22N4O2. The van der Waals surface area contributed by atoms with E-state index in [1.807, 2.05) is 0 Å². The van der Waals surface area contributed by atoms with Gasteiger partial charge >= 0.3 is 0 Å². The number of aliphatic hydroxyl groups is 1. The number of piperidine rings is 1. The molecule has 2 heterocycles. The molecule has 3 N–H and O–H groups in total.